The monoisotopic (exact) mass is 271 g/mol. The van der Waals surface area contributed by atoms with Crippen LogP contribution < -0.4 is 10.9 Å². The summed E-state index contributed by atoms with van der Waals surface area (Å²) in [6.07, 6.45) is 3.75. The predicted octanol–water partition coefficient (Wildman–Crippen LogP) is 2.41. The lowest BCUT2D eigenvalue weighted by atomic mass is 9.97. The van der Waals surface area contributed by atoms with Crippen LogP contribution in [0.1, 0.15) is 29.7 Å². The van der Waals surface area contributed by atoms with E-state index in [0.717, 1.165) is 42.5 Å². The van der Waals surface area contributed by atoms with E-state index in [-0.39, 0.29) is 11.3 Å². The summed E-state index contributed by atoms with van der Waals surface area (Å²) in [6, 6.07) is 5.26. The third kappa shape index (κ3) is 2.39. The number of fused-ring (bicyclic) bond motifs is 1. The van der Waals surface area contributed by atoms with Crippen LogP contribution in [-0.2, 0) is 12.8 Å². The lowest BCUT2D eigenvalue weighted by Crippen LogP contribution is -2.22. The number of aromatic nitrogens is 2. The molecule has 5 heteroatoms. The van der Waals surface area contributed by atoms with Crippen molar-refractivity contribution in [3.63, 3.8) is 0 Å². The van der Waals surface area contributed by atoms with Gasteiger partial charge in [-0.25, -0.2) is 4.98 Å². The number of nitrogens with one attached hydrogen (secondary N) is 2. The Hall–Kier alpha value is -2.30. The summed E-state index contributed by atoms with van der Waals surface area (Å²) in [4.78, 5) is 19.2. The number of hydrogen-bond donors (Lipinski definition) is 3. The average molecular weight is 271 g/mol. The van der Waals surface area contributed by atoms with E-state index in [0.29, 0.717) is 11.6 Å². The molecule has 0 spiro atoms. The van der Waals surface area contributed by atoms with E-state index >= 15 is 0 Å². The molecule has 5 nitrogen and oxygen atoms in total. The van der Waals surface area contributed by atoms with Crippen LogP contribution in [0.4, 0.5) is 11.6 Å². The summed E-state index contributed by atoms with van der Waals surface area (Å²) in [7, 11) is 0. The number of hydrogen-bond acceptors (Lipinski definition) is 4. The highest BCUT2D eigenvalue weighted by Crippen LogP contribution is 2.26. The van der Waals surface area contributed by atoms with Crippen LogP contribution in [0.15, 0.2) is 23.0 Å². The molecule has 104 valence electrons. The predicted molar refractivity (Wildman–Crippen MR) is 77.6 cm³/mol. The zero-order valence-electron chi connectivity index (χ0n) is 11.4. The van der Waals surface area contributed by atoms with Crippen LogP contribution in [0.3, 0.4) is 0 Å². The molecule has 3 rings (SSSR count). The minimum Gasteiger partial charge on any atom is -0.506 e. The largest absolute Gasteiger partial charge is 0.506 e. The summed E-state index contributed by atoms with van der Waals surface area (Å²) in [5, 5.41) is 12.8. The second-order valence-electron chi connectivity index (χ2n) is 5.19. The molecule has 0 unspecified atom stereocenters. The molecule has 0 atom stereocenters. The van der Waals surface area contributed by atoms with Crippen LogP contribution in [0.2, 0.25) is 0 Å². The summed E-state index contributed by atoms with van der Waals surface area (Å²) in [5.41, 5.74) is 3.16. The van der Waals surface area contributed by atoms with E-state index in [1.165, 1.54) is 0 Å². The molecule has 0 fully saturated rings. The number of phenolic OH excluding ortho intramolecular Hbond substituents is 1. The number of phenols is 1. The zero-order valence-corrected chi connectivity index (χ0v) is 11.4. The molecule has 1 heterocycles. The third-order valence-electron chi connectivity index (χ3n) is 3.60. The Morgan fingerprint density at radius 1 is 1.30 bits per heavy atom. The lowest BCUT2D eigenvalue weighted by Gasteiger charge is -2.15. The Bertz CT molecular complexity index is 707. The second-order valence-corrected chi connectivity index (χ2v) is 5.19. The Morgan fingerprint density at radius 3 is 2.95 bits per heavy atom. The molecule has 1 aliphatic carbocycles. The van der Waals surface area contributed by atoms with Crippen molar-refractivity contribution in [1.29, 1.82) is 0 Å². The van der Waals surface area contributed by atoms with Gasteiger partial charge in [0.25, 0.3) is 5.56 Å². The third-order valence-corrected chi connectivity index (χ3v) is 3.60. The molecule has 0 aliphatic heterocycles. The standard InChI is InChI=1S/C15H17N3O2/c1-9-6-7-13(19)12(8-9)17-15-16-11-5-3-2-4-10(11)14(20)18-15/h6-8,19H,2-5H2,1H3,(H2,16,17,18,20). The molecule has 0 amide bonds. The van der Waals surface area contributed by atoms with Gasteiger partial charge in [-0.15, -0.1) is 0 Å². The lowest BCUT2D eigenvalue weighted by molar-refractivity contribution is 0.477. The van der Waals surface area contributed by atoms with Crippen LogP contribution in [-0.4, -0.2) is 15.1 Å². The smallest absolute Gasteiger partial charge is 0.255 e. The van der Waals surface area contributed by atoms with Crippen molar-refractivity contribution in [3.05, 3.63) is 45.4 Å². The van der Waals surface area contributed by atoms with E-state index < -0.39 is 0 Å². The number of H-pyrrole nitrogens is 1. The number of rotatable bonds is 2. The van der Waals surface area contributed by atoms with Crippen LogP contribution in [0.25, 0.3) is 0 Å². The molecule has 1 aromatic carbocycles. The van der Waals surface area contributed by atoms with Crippen molar-refractivity contribution in [2.45, 2.75) is 32.6 Å². The summed E-state index contributed by atoms with van der Waals surface area (Å²) in [5.74, 6) is 0.521. The fraction of sp³-hybridized carbons (Fsp3) is 0.333. The summed E-state index contributed by atoms with van der Waals surface area (Å²) < 4.78 is 0. The van der Waals surface area contributed by atoms with Crippen LogP contribution in [0, 0.1) is 6.92 Å². The van der Waals surface area contributed by atoms with Gasteiger partial charge < -0.3 is 10.4 Å². The number of benzene rings is 1. The normalized spacial score (nSPS) is 13.8. The maximum absolute atomic E-state index is 12.0. The minimum absolute atomic E-state index is 0.0793. The fourth-order valence-corrected chi connectivity index (χ4v) is 2.54. The molecule has 0 saturated carbocycles. The van der Waals surface area contributed by atoms with Gasteiger partial charge >= 0.3 is 0 Å². The first-order valence-corrected chi connectivity index (χ1v) is 6.82. The van der Waals surface area contributed by atoms with Crippen LogP contribution >= 0.6 is 0 Å². The maximum Gasteiger partial charge on any atom is 0.255 e. The molecule has 20 heavy (non-hydrogen) atoms. The maximum atomic E-state index is 12.0. The SMILES string of the molecule is Cc1ccc(O)c(Nc2nc3c(c(=O)[nH]2)CCCC3)c1. The Kier molecular flexibility index (Phi) is 3.18. The molecule has 3 N–H and O–H groups in total. The highest BCUT2D eigenvalue weighted by Gasteiger charge is 2.15. The van der Waals surface area contributed by atoms with E-state index in [9.17, 15) is 9.90 Å². The number of anilines is 2. The van der Waals surface area contributed by atoms with E-state index in [2.05, 4.69) is 15.3 Å². The molecule has 0 bridgehead atoms. The first kappa shape index (κ1) is 12.7. The first-order valence-electron chi connectivity index (χ1n) is 6.82. The van der Waals surface area contributed by atoms with Crippen molar-refractivity contribution in [3.8, 4) is 5.75 Å². The highest BCUT2D eigenvalue weighted by molar-refractivity contribution is 5.63. The molecule has 1 aromatic heterocycles. The number of aromatic amines is 1. The Morgan fingerprint density at radius 2 is 2.10 bits per heavy atom. The topological polar surface area (TPSA) is 78.0 Å². The van der Waals surface area contributed by atoms with Gasteiger partial charge in [-0.2, -0.15) is 0 Å². The zero-order chi connectivity index (χ0) is 14.1. The van der Waals surface area contributed by atoms with E-state index in [4.69, 9.17) is 0 Å². The van der Waals surface area contributed by atoms with Gasteiger partial charge in [0, 0.05) is 5.56 Å². The molecule has 0 saturated heterocycles. The average Bonchev–Trinajstić information content (AvgIpc) is 2.43. The van der Waals surface area contributed by atoms with Crippen molar-refractivity contribution in [2.24, 2.45) is 0 Å². The van der Waals surface area contributed by atoms with Crippen molar-refractivity contribution >= 4 is 11.6 Å². The van der Waals surface area contributed by atoms with Gasteiger partial charge in [-0.05, 0) is 50.3 Å². The summed E-state index contributed by atoms with van der Waals surface area (Å²) >= 11 is 0. The van der Waals surface area contributed by atoms with Gasteiger partial charge in [0.15, 0.2) is 0 Å². The first-order chi connectivity index (χ1) is 9.63. The number of aryl methyl sites for hydroxylation is 2. The fourth-order valence-electron chi connectivity index (χ4n) is 2.54. The molecule has 2 aromatic rings. The Labute approximate surface area is 116 Å². The van der Waals surface area contributed by atoms with E-state index in [1.807, 2.05) is 19.1 Å². The van der Waals surface area contributed by atoms with Crippen LogP contribution in [0.5, 0.6) is 5.75 Å². The second kappa shape index (κ2) is 5.00. The molecule has 0 radical (unpaired) electrons. The molecular formula is C15H17N3O2. The summed E-state index contributed by atoms with van der Waals surface area (Å²) in [6.45, 7) is 1.94. The Balaban J connectivity index is 1.97. The highest BCUT2D eigenvalue weighted by atomic mass is 16.3. The number of aromatic hydroxyl groups is 1. The van der Waals surface area contributed by atoms with Gasteiger partial charge in [0.2, 0.25) is 5.95 Å². The van der Waals surface area contributed by atoms with Gasteiger partial charge in [0.1, 0.15) is 5.75 Å². The number of nitrogens with zero attached hydrogens (tertiary/aromatic N) is 1. The molecule has 1 aliphatic rings. The van der Waals surface area contributed by atoms with Gasteiger partial charge in [0.05, 0.1) is 11.4 Å². The minimum atomic E-state index is -0.0793. The van der Waals surface area contributed by atoms with Crippen molar-refractivity contribution in [1.82, 2.24) is 9.97 Å². The molecular weight excluding hydrogens is 254 g/mol. The van der Waals surface area contributed by atoms with E-state index in [1.54, 1.807) is 6.07 Å². The van der Waals surface area contributed by atoms with Crippen molar-refractivity contribution < 1.29 is 5.11 Å². The van der Waals surface area contributed by atoms with Gasteiger partial charge in [-0.1, -0.05) is 6.07 Å². The van der Waals surface area contributed by atoms with Crippen molar-refractivity contribution in [2.75, 3.05) is 5.32 Å². The quantitative estimate of drug-likeness (QED) is 0.733. The van der Waals surface area contributed by atoms with Gasteiger partial charge in [-0.3, -0.25) is 9.78 Å².